The van der Waals surface area contributed by atoms with Gasteiger partial charge in [-0.15, -0.1) is 0 Å². The van der Waals surface area contributed by atoms with Crippen LogP contribution in [0, 0.1) is 11.3 Å². The van der Waals surface area contributed by atoms with Gasteiger partial charge in [-0.2, -0.15) is 10.2 Å². The Morgan fingerprint density at radius 1 is 1.03 bits per heavy atom. The Kier molecular flexibility index (Phi) is 6.64. The molecule has 4 aromatic rings. The molecule has 0 radical (unpaired) electrons. The highest BCUT2D eigenvalue weighted by molar-refractivity contribution is 7.95. The maximum absolute atomic E-state index is 13.3. The van der Waals surface area contributed by atoms with E-state index >= 15 is 0 Å². The van der Waals surface area contributed by atoms with Crippen molar-refractivity contribution in [2.45, 2.75) is 4.90 Å². The summed E-state index contributed by atoms with van der Waals surface area (Å²) in [5.41, 5.74) is -0.669. The second-order valence-corrected chi connectivity index (χ2v) is 10.0. The lowest BCUT2D eigenvalue weighted by Crippen LogP contribution is -2.19. The van der Waals surface area contributed by atoms with Gasteiger partial charge in [0.05, 0.1) is 9.92 Å². The van der Waals surface area contributed by atoms with E-state index in [1.54, 1.807) is 24.3 Å². The summed E-state index contributed by atoms with van der Waals surface area (Å²) in [5.74, 6) is -0.105. The van der Waals surface area contributed by atoms with Crippen LogP contribution in [-0.2, 0) is 9.84 Å². The van der Waals surface area contributed by atoms with Crippen LogP contribution in [0.25, 0.3) is 11.7 Å². The number of nitrogens with zero attached hydrogens (tertiary/aromatic N) is 3. The Labute approximate surface area is 209 Å². The first-order valence-corrected chi connectivity index (χ1v) is 12.1. The third-order valence-electron chi connectivity index (χ3n) is 4.63. The molecule has 0 aliphatic carbocycles. The minimum atomic E-state index is -4.27. The van der Waals surface area contributed by atoms with Crippen molar-refractivity contribution in [2.75, 3.05) is 0 Å². The van der Waals surface area contributed by atoms with E-state index in [2.05, 4.69) is 4.98 Å². The molecule has 2 heterocycles. The van der Waals surface area contributed by atoms with Gasteiger partial charge in [-0.25, -0.2) is 8.42 Å². The molecule has 0 aliphatic heterocycles. The molecule has 4 rings (SSSR count). The van der Waals surface area contributed by atoms with E-state index < -0.39 is 20.3 Å². The van der Waals surface area contributed by atoms with Gasteiger partial charge in [-0.3, -0.25) is 9.20 Å². The number of benzene rings is 2. The quantitative estimate of drug-likeness (QED) is 0.302. The van der Waals surface area contributed by atoms with E-state index in [-0.39, 0.29) is 32.8 Å². The molecule has 0 saturated heterocycles. The maximum atomic E-state index is 13.3. The summed E-state index contributed by atoms with van der Waals surface area (Å²) < 4.78 is 33.1. The second-order valence-electron chi connectivity index (χ2n) is 6.82. The Morgan fingerprint density at radius 2 is 1.74 bits per heavy atom. The standard InChI is InChI=1S/C23H12Cl3N3O4S/c24-14-4-7-16(8-5-14)34(31,32)17(13-27)12-18-22(33-20-9-6-15(25)11-19(20)26)28-21-3-1-2-10-29(21)23(18)30/h1-12H/b17-12-. The molecular weight excluding hydrogens is 521 g/mol. The van der Waals surface area contributed by atoms with Gasteiger partial charge in [0.25, 0.3) is 5.56 Å². The van der Waals surface area contributed by atoms with Crippen molar-refractivity contribution in [3.8, 4) is 17.7 Å². The highest BCUT2D eigenvalue weighted by Gasteiger charge is 2.24. The van der Waals surface area contributed by atoms with Crippen LogP contribution in [0.4, 0.5) is 0 Å². The van der Waals surface area contributed by atoms with Gasteiger partial charge >= 0.3 is 0 Å². The Morgan fingerprint density at radius 3 is 2.41 bits per heavy atom. The van der Waals surface area contributed by atoms with Crippen LogP contribution in [0.1, 0.15) is 5.56 Å². The van der Waals surface area contributed by atoms with Crippen molar-refractivity contribution in [3.05, 3.63) is 103 Å². The number of pyridine rings is 1. The number of nitriles is 1. The first-order chi connectivity index (χ1) is 16.2. The fraction of sp³-hybridized carbons (Fsp3) is 0. The molecule has 0 aliphatic rings. The van der Waals surface area contributed by atoms with Crippen LogP contribution in [-0.4, -0.2) is 17.8 Å². The average molecular weight is 533 g/mol. The van der Waals surface area contributed by atoms with E-state index in [1.165, 1.54) is 53.1 Å². The predicted molar refractivity (Wildman–Crippen MR) is 130 cm³/mol. The summed E-state index contributed by atoms with van der Waals surface area (Å²) >= 11 is 18.0. The summed E-state index contributed by atoms with van der Waals surface area (Å²) in [6.45, 7) is 0. The highest BCUT2D eigenvalue weighted by atomic mass is 35.5. The smallest absolute Gasteiger partial charge is 0.269 e. The third-order valence-corrected chi connectivity index (χ3v) is 7.10. The van der Waals surface area contributed by atoms with E-state index in [1.807, 2.05) is 0 Å². The molecule has 11 heteroatoms. The lowest BCUT2D eigenvalue weighted by Gasteiger charge is -2.11. The van der Waals surface area contributed by atoms with Gasteiger partial charge in [0.15, 0.2) is 0 Å². The Hall–Kier alpha value is -3.35. The number of hydrogen-bond acceptors (Lipinski definition) is 6. The molecule has 2 aromatic carbocycles. The minimum absolute atomic E-state index is 0.131. The van der Waals surface area contributed by atoms with Crippen molar-refractivity contribution in [1.29, 1.82) is 5.26 Å². The molecule has 0 N–H and O–H groups in total. The Balaban J connectivity index is 1.94. The fourth-order valence-electron chi connectivity index (χ4n) is 2.99. The van der Waals surface area contributed by atoms with Gasteiger partial charge in [0, 0.05) is 16.2 Å². The predicted octanol–water partition coefficient (Wildman–Crippen LogP) is 5.79. The van der Waals surface area contributed by atoms with Crippen molar-refractivity contribution >= 4 is 56.4 Å². The van der Waals surface area contributed by atoms with Gasteiger partial charge < -0.3 is 4.74 Å². The third kappa shape index (κ3) is 4.65. The summed E-state index contributed by atoms with van der Waals surface area (Å²) in [6.07, 6.45) is 2.39. The van der Waals surface area contributed by atoms with E-state index in [4.69, 9.17) is 39.5 Å². The molecule has 170 valence electrons. The fourth-order valence-corrected chi connectivity index (χ4v) is 4.70. The average Bonchev–Trinajstić information content (AvgIpc) is 2.81. The van der Waals surface area contributed by atoms with Crippen molar-refractivity contribution < 1.29 is 13.2 Å². The normalized spacial score (nSPS) is 11.9. The zero-order valence-electron chi connectivity index (χ0n) is 16.9. The lowest BCUT2D eigenvalue weighted by atomic mass is 10.2. The molecule has 0 saturated carbocycles. The number of sulfone groups is 1. The zero-order valence-corrected chi connectivity index (χ0v) is 20.0. The number of fused-ring (bicyclic) bond motifs is 1. The van der Waals surface area contributed by atoms with E-state index in [0.29, 0.717) is 10.0 Å². The number of halogens is 3. The van der Waals surface area contributed by atoms with Crippen LogP contribution in [0.2, 0.25) is 15.1 Å². The van der Waals surface area contributed by atoms with Crippen molar-refractivity contribution in [1.82, 2.24) is 9.38 Å². The molecule has 2 aromatic heterocycles. The van der Waals surface area contributed by atoms with Gasteiger partial charge in [-0.05, 0) is 60.7 Å². The molecule has 0 unspecified atom stereocenters. The summed E-state index contributed by atoms with van der Waals surface area (Å²) in [5, 5.41) is 10.5. The van der Waals surface area contributed by atoms with Crippen LogP contribution in [0.5, 0.6) is 11.6 Å². The minimum Gasteiger partial charge on any atom is -0.437 e. The molecule has 34 heavy (non-hydrogen) atoms. The van der Waals surface area contributed by atoms with Gasteiger partial charge in [0.2, 0.25) is 15.7 Å². The zero-order chi connectivity index (χ0) is 24.5. The van der Waals surface area contributed by atoms with E-state index in [9.17, 15) is 18.5 Å². The number of rotatable bonds is 5. The first-order valence-electron chi connectivity index (χ1n) is 9.47. The SMILES string of the molecule is N#C/C(=C/c1c(Oc2ccc(Cl)cc2Cl)nc2ccccn2c1=O)S(=O)(=O)c1ccc(Cl)cc1. The largest absolute Gasteiger partial charge is 0.437 e. The van der Waals surface area contributed by atoms with Crippen molar-refractivity contribution in [3.63, 3.8) is 0 Å². The summed E-state index contributed by atoms with van der Waals surface area (Å²) in [7, 11) is -4.27. The van der Waals surface area contributed by atoms with Crippen LogP contribution in [0.15, 0.2) is 81.5 Å². The molecular formula is C23H12Cl3N3O4S. The molecule has 0 fully saturated rings. The number of allylic oxidation sites excluding steroid dienone is 1. The highest BCUT2D eigenvalue weighted by Crippen LogP contribution is 2.33. The van der Waals surface area contributed by atoms with Gasteiger partial charge in [-0.1, -0.05) is 40.9 Å². The van der Waals surface area contributed by atoms with Crippen LogP contribution < -0.4 is 10.3 Å². The van der Waals surface area contributed by atoms with E-state index in [0.717, 1.165) is 6.08 Å². The van der Waals surface area contributed by atoms with Crippen LogP contribution in [0.3, 0.4) is 0 Å². The molecule has 0 spiro atoms. The maximum Gasteiger partial charge on any atom is 0.269 e. The summed E-state index contributed by atoms with van der Waals surface area (Å²) in [6, 6.07) is 16.2. The molecule has 0 atom stereocenters. The molecule has 0 amide bonds. The van der Waals surface area contributed by atoms with Crippen LogP contribution >= 0.6 is 34.8 Å². The number of hydrogen-bond donors (Lipinski definition) is 0. The number of aromatic nitrogens is 2. The Bertz CT molecular complexity index is 1660. The summed E-state index contributed by atoms with van der Waals surface area (Å²) in [4.78, 5) is 16.7. The second kappa shape index (κ2) is 9.49. The molecule has 0 bridgehead atoms. The monoisotopic (exact) mass is 531 g/mol. The lowest BCUT2D eigenvalue weighted by molar-refractivity contribution is 0.461. The first kappa shape index (κ1) is 23.8. The topological polar surface area (TPSA) is 102 Å². The number of ether oxygens (including phenoxy) is 1. The van der Waals surface area contributed by atoms with Gasteiger partial charge in [0.1, 0.15) is 27.9 Å². The van der Waals surface area contributed by atoms with Crippen molar-refractivity contribution in [2.24, 2.45) is 0 Å². The molecule has 7 nitrogen and oxygen atoms in total.